The Kier molecular flexibility index (Phi) is 10.1. The van der Waals surface area contributed by atoms with Gasteiger partial charge in [-0.2, -0.15) is 0 Å². The molecule has 2 rings (SSSR count). The van der Waals surface area contributed by atoms with E-state index < -0.39 is 66.5 Å². The van der Waals surface area contributed by atoms with Crippen LogP contribution in [0.3, 0.4) is 0 Å². The Labute approximate surface area is 209 Å². The average Bonchev–Trinajstić information content (AvgIpc) is 3.28. The summed E-state index contributed by atoms with van der Waals surface area (Å²) < 4.78 is 4.57. The molecule has 1 aliphatic rings. The molecule has 1 aliphatic heterocycles. The molecule has 12 heteroatoms. The van der Waals surface area contributed by atoms with Crippen LogP contribution < -0.4 is 26.6 Å². The molecule has 0 saturated heterocycles. The van der Waals surface area contributed by atoms with Gasteiger partial charge in [-0.1, -0.05) is 38.5 Å². The minimum absolute atomic E-state index is 0.0873. The maximum Gasteiger partial charge on any atom is 0.308 e. The van der Waals surface area contributed by atoms with E-state index in [-0.39, 0.29) is 12.3 Å². The molecular weight excluding hydrogens is 470 g/mol. The maximum absolute atomic E-state index is 13.3. The summed E-state index contributed by atoms with van der Waals surface area (Å²) in [7, 11) is 2.35. The zero-order valence-electron chi connectivity index (χ0n) is 20.8. The molecule has 5 N–H and O–H groups in total. The number of likely N-dealkylation sites (N-methyl/N-ethyl adjacent to an activating group) is 1. The van der Waals surface area contributed by atoms with Crippen LogP contribution in [0.1, 0.15) is 32.3 Å². The SMILES string of the molecule is CC[C@H](C)[C@H](N)C(=O)NCC(=O)N1c2ccccc2C[C@H]1C(=O)N[C@@H](CC(=O)OC)C(=O)C(=O)NC. The van der Waals surface area contributed by atoms with Gasteiger partial charge in [-0.05, 0) is 17.5 Å². The van der Waals surface area contributed by atoms with Crippen LogP contribution in [0.5, 0.6) is 0 Å². The predicted octanol–water partition coefficient (Wildman–Crippen LogP) is -1.20. The number of amides is 4. The van der Waals surface area contributed by atoms with Crippen LogP contribution in [-0.4, -0.2) is 74.2 Å². The van der Waals surface area contributed by atoms with Gasteiger partial charge in [0.2, 0.25) is 23.5 Å². The van der Waals surface area contributed by atoms with Crippen molar-refractivity contribution in [3.63, 3.8) is 0 Å². The number of nitrogens with zero attached hydrogens (tertiary/aromatic N) is 1. The molecule has 4 amide bonds. The number of hydrogen-bond donors (Lipinski definition) is 4. The molecule has 0 fully saturated rings. The van der Waals surface area contributed by atoms with Crippen LogP contribution in [0.4, 0.5) is 5.69 Å². The minimum atomic E-state index is -1.49. The number of para-hydroxylation sites is 1. The number of nitrogens with two attached hydrogens (primary N) is 1. The number of ether oxygens (including phenoxy) is 1. The Morgan fingerprint density at radius 1 is 1.17 bits per heavy atom. The summed E-state index contributed by atoms with van der Waals surface area (Å²) in [5.74, 6) is -4.71. The lowest BCUT2D eigenvalue weighted by molar-refractivity contribution is -0.145. The molecular formula is C24H33N5O7. The quantitative estimate of drug-likeness (QED) is 0.215. The van der Waals surface area contributed by atoms with Crippen LogP contribution in [-0.2, 0) is 39.9 Å². The Balaban J connectivity index is 2.24. The highest BCUT2D eigenvalue weighted by Crippen LogP contribution is 2.32. The van der Waals surface area contributed by atoms with Gasteiger partial charge in [-0.25, -0.2) is 0 Å². The average molecular weight is 504 g/mol. The first kappa shape index (κ1) is 28.4. The van der Waals surface area contributed by atoms with E-state index in [0.29, 0.717) is 17.7 Å². The molecule has 0 radical (unpaired) electrons. The van der Waals surface area contributed by atoms with Crippen molar-refractivity contribution in [2.75, 3.05) is 25.6 Å². The van der Waals surface area contributed by atoms with Crippen molar-refractivity contribution in [2.24, 2.45) is 11.7 Å². The number of fused-ring (bicyclic) bond motifs is 1. The molecule has 0 bridgehead atoms. The van der Waals surface area contributed by atoms with Gasteiger partial charge in [0.05, 0.1) is 26.1 Å². The zero-order valence-corrected chi connectivity index (χ0v) is 20.8. The third kappa shape index (κ3) is 6.66. The number of nitrogens with one attached hydrogen (secondary N) is 3. The number of carbonyl (C=O) groups excluding carboxylic acids is 6. The predicted molar refractivity (Wildman–Crippen MR) is 129 cm³/mol. The van der Waals surface area contributed by atoms with Crippen molar-refractivity contribution in [2.45, 2.75) is 51.2 Å². The summed E-state index contributed by atoms with van der Waals surface area (Å²) in [6.45, 7) is 3.33. The van der Waals surface area contributed by atoms with Crippen LogP contribution in [0, 0.1) is 5.92 Å². The Hall–Kier alpha value is -3.80. The third-order valence-corrected chi connectivity index (χ3v) is 6.20. The standard InChI is InChI=1S/C24H33N5O7/c1-5-13(2)20(25)23(34)27-12-18(30)29-16-9-7-6-8-14(16)10-17(29)22(33)28-15(11-19(31)36-4)21(32)24(35)26-3/h6-9,13,15,17,20H,5,10-12,25H2,1-4H3,(H,26,35)(H,27,34)(H,28,33)/t13-,15-,17-,20-/m0/s1. The number of carbonyl (C=O) groups is 6. The first-order valence-corrected chi connectivity index (χ1v) is 11.6. The molecule has 0 aromatic heterocycles. The summed E-state index contributed by atoms with van der Waals surface area (Å²) in [6.07, 6.45) is 0.255. The molecule has 0 unspecified atom stereocenters. The summed E-state index contributed by atoms with van der Waals surface area (Å²) >= 11 is 0. The molecule has 1 heterocycles. The number of rotatable bonds is 11. The maximum atomic E-state index is 13.3. The van der Waals surface area contributed by atoms with Crippen molar-refractivity contribution >= 4 is 41.1 Å². The Morgan fingerprint density at radius 3 is 2.44 bits per heavy atom. The summed E-state index contributed by atoms with van der Waals surface area (Å²) in [5.41, 5.74) is 7.11. The van der Waals surface area contributed by atoms with E-state index in [9.17, 15) is 28.8 Å². The highest BCUT2D eigenvalue weighted by Gasteiger charge is 2.40. The molecule has 36 heavy (non-hydrogen) atoms. The summed E-state index contributed by atoms with van der Waals surface area (Å²) in [5, 5.41) is 7.10. The third-order valence-electron chi connectivity index (χ3n) is 6.20. The van der Waals surface area contributed by atoms with Crippen molar-refractivity contribution in [1.82, 2.24) is 16.0 Å². The van der Waals surface area contributed by atoms with Crippen molar-refractivity contribution in [1.29, 1.82) is 0 Å². The number of esters is 1. The van der Waals surface area contributed by atoms with Crippen molar-refractivity contribution in [3.8, 4) is 0 Å². The smallest absolute Gasteiger partial charge is 0.308 e. The second-order valence-corrected chi connectivity index (χ2v) is 8.53. The van der Waals surface area contributed by atoms with E-state index in [0.717, 1.165) is 7.11 Å². The molecule has 0 saturated carbocycles. The number of ketones is 1. The number of benzene rings is 1. The number of anilines is 1. The molecule has 12 nitrogen and oxygen atoms in total. The van der Waals surface area contributed by atoms with Gasteiger partial charge in [-0.3, -0.25) is 33.7 Å². The molecule has 0 spiro atoms. The van der Waals surface area contributed by atoms with Crippen LogP contribution in [0.25, 0.3) is 0 Å². The van der Waals surface area contributed by atoms with Crippen LogP contribution in [0.2, 0.25) is 0 Å². The van der Waals surface area contributed by atoms with Crippen molar-refractivity contribution < 1.29 is 33.5 Å². The fourth-order valence-corrected chi connectivity index (χ4v) is 3.79. The van der Waals surface area contributed by atoms with Crippen LogP contribution in [0.15, 0.2) is 24.3 Å². The highest BCUT2D eigenvalue weighted by molar-refractivity contribution is 6.38. The largest absolute Gasteiger partial charge is 0.469 e. The fraction of sp³-hybridized carbons (Fsp3) is 0.500. The Morgan fingerprint density at radius 2 is 1.83 bits per heavy atom. The summed E-state index contributed by atoms with van der Waals surface area (Å²) in [6, 6.07) is 3.51. The van der Waals surface area contributed by atoms with E-state index in [1.807, 2.05) is 13.8 Å². The molecule has 4 atom stereocenters. The second-order valence-electron chi connectivity index (χ2n) is 8.53. The number of Topliss-reactive ketones (excluding diaryl/α,β-unsaturated/α-hetero) is 1. The van der Waals surface area contributed by atoms with E-state index in [1.165, 1.54) is 11.9 Å². The summed E-state index contributed by atoms with van der Waals surface area (Å²) in [4.78, 5) is 76.1. The Bertz CT molecular complexity index is 1030. The van der Waals surface area contributed by atoms with Gasteiger partial charge >= 0.3 is 5.97 Å². The zero-order chi connectivity index (χ0) is 27.0. The lowest BCUT2D eigenvalue weighted by atomic mass is 9.99. The number of hydrogen-bond acceptors (Lipinski definition) is 8. The molecule has 1 aromatic carbocycles. The van der Waals surface area contributed by atoms with E-state index >= 15 is 0 Å². The van der Waals surface area contributed by atoms with Gasteiger partial charge in [0, 0.05) is 19.2 Å². The minimum Gasteiger partial charge on any atom is -0.469 e. The second kappa shape index (κ2) is 12.8. The van der Waals surface area contributed by atoms with Gasteiger partial charge in [0.1, 0.15) is 12.1 Å². The van der Waals surface area contributed by atoms with E-state index in [2.05, 4.69) is 20.7 Å². The van der Waals surface area contributed by atoms with Crippen molar-refractivity contribution in [3.05, 3.63) is 29.8 Å². The first-order chi connectivity index (χ1) is 17.0. The lowest BCUT2D eigenvalue weighted by Gasteiger charge is -2.27. The highest BCUT2D eigenvalue weighted by atomic mass is 16.5. The number of methoxy groups -OCH3 is 1. The van der Waals surface area contributed by atoms with Crippen LogP contribution >= 0.6 is 0 Å². The van der Waals surface area contributed by atoms with Gasteiger partial charge in [0.25, 0.3) is 5.91 Å². The topological polar surface area (TPSA) is 177 Å². The van der Waals surface area contributed by atoms with Gasteiger partial charge < -0.3 is 26.4 Å². The van der Waals surface area contributed by atoms with E-state index in [1.54, 1.807) is 24.3 Å². The molecule has 1 aromatic rings. The first-order valence-electron chi connectivity index (χ1n) is 11.6. The molecule has 196 valence electrons. The molecule has 0 aliphatic carbocycles. The van der Waals surface area contributed by atoms with Gasteiger partial charge in [-0.15, -0.1) is 0 Å². The van der Waals surface area contributed by atoms with Gasteiger partial charge in [0.15, 0.2) is 0 Å². The normalized spacial score (nSPS) is 16.7. The fourth-order valence-electron chi connectivity index (χ4n) is 3.79. The lowest BCUT2D eigenvalue weighted by Crippen LogP contribution is -2.56. The monoisotopic (exact) mass is 503 g/mol. The van der Waals surface area contributed by atoms with E-state index in [4.69, 9.17) is 5.73 Å².